The highest BCUT2D eigenvalue weighted by atomic mass is 32.2. The Bertz CT molecular complexity index is 512. The predicted octanol–water partition coefficient (Wildman–Crippen LogP) is 2.05. The molecule has 1 aromatic carbocycles. The Kier molecular flexibility index (Phi) is 5.97. The second-order valence-electron chi connectivity index (χ2n) is 4.76. The fourth-order valence-corrected chi connectivity index (χ4v) is 3.55. The standard InChI is InChI=1S/C14H24N2O2S/c1-5-11(3)16-19(17,18)14-9-12(10-15-4)7-8-13(14)6-2/h7-9,11,15-16H,5-6,10H2,1-4H3. The summed E-state index contributed by atoms with van der Waals surface area (Å²) in [7, 11) is -1.59. The Balaban J connectivity index is 3.18. The maximum absolute atomic E-state index is 12.4. The van der Waals surface area contributed by atoms with E-state index in [1.807, 2.05) is 40.0 Å². The smallest absolute Gasteiger partial charge is 0.241 e. The highest BCUT2D eigenvalue weighted by Crippen LogP contribution is 2.19. The van der Waals surface area contributed by atoms with E-state index >= 15 is 0 Å². The van der Waals surface area contributed by atoms with Crippen molar-refractivity contribution in [3.8, 4) is 0 Å². The van der Waals surface area contributed by atoms with Crippen molar-refractivity contribution in [3.63, 3.8) is 0 Å². The molecule has 0 fully saturated rings. The van der Waals surface area contributed by atoms with Crippen LogP contribution in [0.3, 0.4) is 0 Å². The lowest BCUT2D eigenvalue weighted by Crippen LogP contribution is -2.32. The van der Waals surface area contributed by atoms with Gasteiger partial charge >= 0.3 is 0 Å². The summed E-state index contributed by atoms with van der Waals surface area (Å²) in [4.78, 5) is 0.406. The van der Waals surface area contributed by atoms with Crippen LogP contribution in [0.25, 0.3) is 0 Å². The average Bonchev–Trinajstić information content (AvgIpc) is 2.38. The molecule has 2 N–H and O–H groups in total. The van der Waals surface area contributed by atoms with Gasteiger partial charge in [0.25, 0.3) is 0 Å². The molecule has 0 radical (unpaired) electrons. The quantitative estimate of drug-likeness (QED) is 0.805. The number of benzene rings is 1. The summed E-state index contributed by atoms with van der Waals surface area (Å²) in [5, 5.41) is 3.04. The van der Waals surface area contributed by atoms with Gasteiger partial charge in [0, 0.05) is 12.6 Å². The molecule has 0 spiro atoms. The van der Waals surface area contributed by atoms with E-state index in [4.69, 9.17) is 0 Å². The van der Waals surface area contributed by atoms with Gasteiger partial charge in [0.05, 0.1) is 4.90 Å². The van der Waals surface area contributed by atoms with E-state index in [9.17, 15) is 8.42 Å². The second kappa shape index (κ2) is 7.03. The molecular weight excluding hydrogens is 260 g/mol. The van der Waals surface area contributed by atoms with Crippen LogP contribution in [0.15, 0.2) is 23.1 Å². The summed E-state index contributed by atoms with van der Waals surface area (Å²) in [6.07, 6.45) is 1.48. The SMILES string of the molecule is CCc1ccc(CNC)cc1S(=O)(=O)NC(C)CC. The first-order valence-corrected chi connectivity index (χ1v) is 8.21. The monoisotopic (exact) mass is 284 g/mol. The van der Waals surface area contributed by atoms with Gasteiger partial charge in [-0.05, 0) is 44.0 Å². The number of hydrogen-bond donors (Lipinski definition) is 2. The highest BCUT2D eigenvalue weighted by molar-refractivity contribution is 7.89. The first-order chi connectivity index (χ1) is 8.94. The van der Waals surface area contributed by atoms with Gasteiger partial charge in [-0.15, -0.1) is 0 Å². The van der Waals surface area contributed by atoms with E-state index in [1.165, 1.54) is 0 Å². The van der Waals surface area contributed by atoms with Gasteiger partial charge < -0.3 is 5.32 Å². The van der Waals surface area contributed by atoms with Gasteiger partial charge in [-0.3, -0.25) is 0 Å². The minimum Gasteiger partial charge on any atom is -0.316 e. The van der Waals surface area contributed by atoms with E-state index in [1.54, 1.807) is 6.07 Å². The van der Waals surface area contributed by atoms with Crippen molar-refractivity contribution in [3.05, 3.63) is 29.3 Å². The molecule has 108 valence electrons. The number of nitrogens with one attached hydrogen (secondary N) is 2. The van der Waals surface area contributed by atoms with Crippen LogP contribution in [0.5, 0.6) is 0 Å². The van der Waals surface area contributed by atoms with Crippen LogP contribution in [0.4, 0.5) is 0 Å². The Hall–Kier alpha value is -0.910. The molecule has 0 bridgehead atoms. The van der Waals surface area contributed by atoms with Crippen LogP contribution in [-0.4, -0.2) is 21.5 Å². The number of rotatable bonds is 7. The van der Waals surface area contributed by atoms with E-state index in [-0.39, 0.29) is 6.04 Å². The molecule has 0 saturated heterocycles. The van der Waals surface area contributed by atoms with Gasteiger partial charge in [-0.25, -0.2) is 13.1 Å². The molecule has 1 atom stereocenters. The molecule has 0 aliphatic carbocycles. The van der Waals surface area contributed by atoms with Crippen molar-refractivity contribution in [2.45, 2.75) is 51.1 Å². The Morgan fingerprint density at radius 2 is 1.95 bits per heavy atom. The molecule has 0 aliphatic heterocycles. The molecule has 1 rings (SSSR count). The Morgan fingerprint density at radius 3 is 2.47 bits per heavy atom. The predicted molar refractivity (Wildman–Crippen MR) is 78.7 cm³/mol. The van der Waals surface area contributed by atoms with Gasteiger partial charge in [-0.1, -0.05) is 26.0 Å². The molecule has 0 heterocycles. The second-order valence-corrected chi connectivity index (χ2v) is 6.44. The topological polar surface area (TPSA) is 58.2 Å². The normalized spacial score (nSPS) is 13.5. The minimum atomic E-state index is -3.43. The van der Waals surface area contributed by atoms with E-state index < -0.39 is 10.0 Å². The summed E-state index contributed by atoms with van der Waals surface area (Å²) in [6, 6.07) is 5.58. The first-order valence-electron chi connectivity index (χ1n) is 6.73. The van der Waals surface area contributed by atoms with Crippen LogP contribution in [0.2, 0.25) is 0 Å². The molecule has 0 amide bonds. The first kappa shape index (κ1) is 16.1. The van der Waals surface area contributed by atoms with Crippen molar-refractivity contribution in [2.24, 2.45) is 0 Å². The molecule has 0 aromatic heterocycles. The Morgan fingerprint density at radius 1 is 1.26 bits per heavy atom. The lowest BCUT2D eigenvalue weighted by atomic mass is 10.1. The largest absolute Gasteiger partial charge is 0.316 e. The fourth-order valence-electron chi connectivity index (χ4n) is 1.87. The van der Waals surface area contributed by atoms with Crippen molar-refractivity contribution < 1.29 is 8.42 Å². The van der Waals surface area contributed by atoms with E-state index in [2.05, 4.69) is 10.0 Å². The molecule has 1 aromatic rings. The fraction of sp³-hybridized carbons (Fsp3) is 0.571. The molecule has 0 saturated carbocycles. The third kappa shape index (κ3) is 4.30. The summed E-state index contributed by atoms with van der Waals surface area (Å²) >= 11 is 0. The number of aryl methyl sites for hydroxylation is 1. The highest BCUT2D eigenvalue weighted by Gasteiger charge is 2.20. The number of hydrogen-bond acceptors (Lipinski definition) is 3. The zero-order valence-corrected chi connectivity index (χ0v) is 13.0. The lowest BCUT2D eigenvalue weighted by molar-refractivity contribution is 0.554. The van der Waals surface area contributed by atoms with E-state index in [0.29, 0.717) is 17.9 Å². The van der Waals surface area contributed by atoms with Gasteiger partial charge in [-0.2, -0.15) is 0 Å². The van der Waals surface area contributed by atoms with Crippen molar-refractivity contribution in [2.75, 3.05) is 7.05 Å². The van der Waals surface area contributed by atoms with Gasteiger partial charge in [0.1, 0.15) is 0 Å². The third-order valence-electron chi connectivity index (χ3n) is 3.15. The minimum absolute atomic E-state index is 0.0531. The van der Waals surface area contributed by atoms with Crippen LogP contribution in [0.1, 0.15) is 38.3 Å². The van der Waals surface area contributed by atoms with Crippen molar-refractivity contribution in [1.29, 1.82) is 0 Å². The summed E-state index contributed by atoms with van der Waals surface area (Å²) < 4.78 is 27.5. The molecule has 5 heteroatoms. The number of sulfonamides is 1. The van der Waals surface area contributed by atoms with Crippen LogP contribution >= 0.6 is 0 Å². The summed E-state index contributed by atoms with van der Waals surface area (Å²) in [6.45, 7) is 6.47. The zero-order chi connectivity index (χ0) is 14.5. The van der Waals surface area contributed by atoms with Crippen molar-refractivity contribution in [1.82, 2.24) is 10.0 Å². The molecular formula is C14H24N2O2S. The molecule has 19 heavy (non-hydrogen) atoms. The molecule has 4 nitrogen and oxygen atoms in total. The average molecular weight is 284 g/mol. The van der Waals surface area contributed by atoms with Crippen molar-refractivity contribution >= 4 is 10.0 Å². The Labute approximate surface area is 116 Å². The lowest BCUT2D eigenvalue weighted by Gasteiger charge is -2.15. The van der Waals surface area contributed by atoms with Gasteiger partial charge in [0.2, 0.25) is 10.0 Å². The van der Waals surface area contributed by atoms with Crippen LogP contribution in [-0.2, 0) is 23.0 Å². The third-order valence-corrected chi connectivity index (χ3v) is 4.82. The van der Waals surface area contributed by atoms with Crippen LogP contribution in [0, 0.1) is 0 Å². The van der Waals surface area contributed by atoms with Gasteiger partial charge in [0.15, 0.2) is 0 Å². The molecule has 1 unspecified atom stereocenters. The maximum Gasteiger partial charge on any atom is 0.241 e. The molecule has 0 aliphatic rings. The summed E-state index contributed by atoms with van der Waals surface area (Å²) in [5.41, 5.74) is 1.83. The van der Waals surface area contributed by atoms with Crippen LogP contribution < -0.4 is 10.0 Å². The maximum atomic E-state index is 12.4. The van der Waals surface area contributed by atoms with E-state index in [0.717, 1.165) is 17.5 Å². The zero-order valence-electron chi connectivity index (χ0n) is 12.2. The summed E-state index contributed by atoms with van der Waals surface area (Å²) in [5.74, 6) is 0.